The Morgan fingerprint density at radius 1 is 1.47 bits per heavy atom. The van der Waals surface area contributed by atoms with E-state index in [2.05, 4.69) is 15.6 Å². The van der Waals surface area contributed by atoms with Crippen molar-refractivity contribution in [1.82, 2.24) is 20.3 Å². The van der Waals surface area contributed by atoms with E-state index >= 15 is 0 Å². The molecule has 0 aliphatic rings. The zero-order valence-electron chi connectivity index (χ0n) is 9.94. The summed E-state index contributed by atoms with van der Waals surface area (Å²) in [5, 5.41) is 18.3. The van der Waals surface area contributed by atoms with E-state index in [4.69, 9.17) is 9.52 Å². The van der Waals surface area contributed by atoms with Crippen LogP contribution in [0.2, 0.25) is 0 Å². The van der Waals surface area contributed by atoms with Gasteiger partial charge >= 0.3 is 0 Å². The van der Waals surface area contributed by atoms with Crippen LogP contribution in [0.15, 0.2) is 29.0 Å². The molecule has 0 fully saturated rings. The molecule has 2 amide bonds. The maximum absolute atomic E-state index is 11.6. The molecule has 100 valence electrons. The van der Waals surface area contributed by atoms with Gasteiger partial charge in [0.05, 0.1) is 12.0 Å². The summed E-state index contributed by atoms with van der Waals surface area (Å²) in [7, 11) is 0. The minimum Gasteiger partial charge on any atom is -0.459 e. The molecule has 0 aliphatic carbocycles. The number of rotatable bonds is 5. The maximum atomic E-state index is 11.6. The highest BCUT2D eigenvalue weighted by Gasteiger charge is 2.13. The second-order valence-electron chi connectivity index (χ2n) is 3.74. The minimum absolute atomic E-state index is 0.0398. The van der Waals surface area contributed by atoms with Crippen molar-refractivity contribution >= 4 is 11.8 Å². The van der Waals surface area contributed by atoms with Crippen molar-refractivity contribution in [1.29, 1.82) is 0 Å². The van der Waals surface area contributed by atoms with E-state index in [1.165, 1.54) is 23.2 Å². The van der Waals surface area contributed by atoms with Crippen molar-refractivity contribution in [2.75, 3.05) is 6.61 Å². The highest BCUT2D eigenvalue weighted by molar-refractivity contribution is 6.02. The summed E-state index contributed by atoms with van der Waals surface area (Å²) >= 11 is 0. The number of amides is 2. The Morgan fingerprint density at radius 2 is 2.32 bits per heavy atom. The van der Waals surface area contributed by atoms with Gasteiger partial charge in [0.25, 0.3) is 5.91 Å². The molecule has 0 spiro atoms. The van der Waals surface area contributed by atoms with Crippen LogP contribution in [0.1, 0.15) is 16.2 Å². The van der Waals surface area contributed by atoms with Gasteiger partial charge in [-0.2, -0.15) is 0 Å². The molecule has 2 aromatic rings. The fourth-order valence-corrected chi connectivity index (χ4v) is 1.43. The summed E-state index contributed by atoms with van der Waals surface area (Å²) < 4.78 is 6.14. The van der Waals surface area contributed by atoms with E-state index in [9.17, 15) is 9.59 Å². The van der Waals surface area contributed by atoms with E-state index in [0.29, 0.717) is 12.1 Å². The molecule has 8 heteroatoms. The molecule has 0 bridgehead atoms. The molecule has 2 heterocycles. The first-order valence-electron chi connectivity index (χ1n) is 5.56. The number of hydrogen-bond donors (Lipinski definition) is 2. The number of imide groups is 1. The summed E-state index contributed by atoms with van der Waals surface area (Å²) in [5.41, 5.74) is 0.577. The Balaban J connectivity index is 1.88. The maximum Gasteiger partial charge on any atom is 0.293 e. The molecule has 0 aromatic carbocycles. The number of aliphatic hydroxyl groups excluding tert-OH is 1. The minimum atomic E-state index is -0.606. The summed E-state index contributed by atoms with van der Waals surface area (Å²) in [6.45, 7) is -0.174. The monoisotopic (exact) mass is 264 g/mol. The summed E-state index contributed by atoms with van der Waals surface area (Å²) in [5.74, 6) is -1.07. The summed E-state index contributed by atoms with van der Waals surface area (Å²) in [4.78, 5) is 23.1. The summed E-state index contributed by atoms with van der Waals surface area (Å²) in [6, 6.07) is 3.01. The van der Waals surface area contributed by atoms with Crippen LogP contribution in [0.5, 0.6) is 0 Å². The van der Waals surface area contributed by atoms with Crippen molar-refractivity contribution in [3.63, 3.8) is 0 Å². The van der Waals surface area contributed by atoms with Crippen LogP contribution in [-0.2, 0) is 17.8 Å². The Bertz CT molecular complexity index is 561. The van der Waals surface area contributed by atoms with Gasteiger partial charge in [-0.25, -0.2) is 4.68 Å². The highest BCUT2D eigenvalue weighted by atomic mass is 16.3. The number of carbonyl (C=O) groups is 2. The smallest absolute Gasteiger partial charge is 0.293 e. The van der Waals surface area contributed by atoms with E-state index in [0.717, 1.165) is 0 Å². The second-order valence-corrected chi connectivity index (χ2v) is 3.74. The molecule has 0 saturated carbocycles. The molecule has 0 aliphatic heterocycles. The van der Waals surface area contributed by atoms with Gasteiger partial charge in [-0.3, -0.25) is 14.9 Å². The lowest BCUT2D eigenvalue weighted by atomic mass is 10.3. The lowest BCUT2D eigenvalue weighted by molar-refractivity contribution is -0.120. The molecule has 8 nitrogen and oxygen atoms in total. The standard InChI is InChI=1S/C11H12N4O4/c16-4-3-8-6-15(14-13-8)7-10(17)12-11(18)9-2-1-5-19-9/h1-2,5-6,16H,3-4,7H2,(H,12,17,18). The fraction of sp³-hybridized carbons (Fsp3) is 0.273. The average Bonchev–Trinajstić information content (AvgIpc) is 3.00. The Labute approximate surface area is 108 Å². The van der Waals surface area contributed by atoms with Gasteiger partial charge in [-0.15, -0.1) is 5.10 Å². The second kappa shape index (κ2) is 5.91. The average molecular weight is 264 g/mol. The zero-order valence-corrected chi connectivity index (χ0v) is 9.94. The topological polar surface area (TPSA) is 110 Å². The van der Waals surface area contributed by atoms with E-state index in [-0.39, 0.29) is 18.9 Å². The number of nitrogens with zero attached hydrogens (tertiary/aromatic N) is 3. The van der Waals surface area contributed by atoms with Gasteiger partial charge in [0.2, 0.25) is 5.91 Å². The van der Waals surface area contributed by atoms with Crippen molar-refractivity contribution in [2.45, 2.75) is 13.0 Å². The number of furan rings is 1. The molecule has 0 unspecified atom stereocenters. The van der Waals surface area contributed by atoms with Crippen LogP contribution in [-0.4, -0.2) is 38.5 Å². The number of carbonyl (C=O) groups excluding carboxylic acids is 2. The molecular formula is C11H12N4O4. The van der Waals surface area contributed by atoms with E-state index in [1.807, 2.05) is 0 Å². The molecule has 0 radical (unpaired) electrons. The third kappa shape index (κ3) is 3.49. The molecule has 19 heavy (non-hydrogen) atoms. The molecule has 2 N–H and O–H groups in total. The summed E-state index contributed by atoms with van der Waals surface area (Å²) in [6.07, 6.45) is 3.25. The van der Waals surface area contributed by atoms with Gasteiger partial charge in [0.1, 0.15) is 6.54 Å². The Morgan fingerprint density at radius 3 is 3.00 bits per heavy atom. The Hall–Kier alpha value is -2.48. The predicted octanol–water partition coefficient (Wildman–Crippen LogP) is -0.638. The predicted molar refractivity (Wildman–Crippen MR) is 62.0 cm³/mol. The van der Waals surface area contributed by atoms with Crippen LogP contribution in [0.25, 0.3) is 0 Å². The Kier molecular flexibility index (Phi) is 4.04. The number of nitrogens with one attached hydrogen (secondary N) is 1. The normalized spacial score (nSPS) is 10.4. The lowest BCUT2D eigenvalue weighted by Crippen LogP contribution is -2.33. The highest BCUT2D eigenvalue weighted by Crippen LogP contribution is 1.99. The van der Waals surface area contributed by atoms with E-state index < -0.39 is 11.8 Å². The van der Waals surface area contributed by atoms with Gasteiger partial charge in [-0.1, -0.05) is 5.21 Å². The third-order valence-electron chi connectivity index (χ3n) is 2.26. The van der Waals surface area contributed by atoms with Crippen molar-refractivity contribution in [3.8, 4) is 0 Å². The largest absolute Gasteiger partial charge is 0.459 e. The van der Waals surface area contributed by atoms with Crippen LogP contribution < -0.4 is 5.32 Å². The molecule has 0 atom stereocenters. The molecular weight excluding hydrogens is 252 g/mol. The number of hydrogen-bond acceptors (Lipinski definition) is 6. The van der Waals surface area contributed by atoms with Crippen molar-refractivity contribution in [3.05, 3.63) is 36.0 Å². The van der Waals surface area contributed by atoms with Crippen LogP contribution >= 0.6 is 0 Å². The zero-order chi connectivity index (χ0) is 13.7. The number of aromatic nitrogens is 3. The first kappa shape index (κ1) is 13.0. The van der Waals surface area contributed by atoms with E-state index in [1.54, 1.807) is 6.07 Å². The molecule has 0 saturated heterocycles. The van der Waals surface area contributed by atoms with Crippen LogP contribution in [0, 0.1) is 0 Å². The molecule has 2 rings (SSSR count). The lowest BCUT2D eigenvalue weighted by Gasteiger charge is -2.01. The quantitative estimate of drug-likeness (QED) is 0.743. The third-order valence-corrected chi connectivity index (χ3v) is 2.26. The van der Waals surface area contributed by atoms with Crippen molar-refractivity contribution < 1.29 is 19.1 Å². The first-order chi connectivity index (χ1) is 9.19. The van der Waals surface area contributed by atoms with Gasteiger partial charge < -0.3 is 9.52 Å². The van der Waals surface area contributed by atoms with Crippen LogP contribution in [0.4, 0.5) is 0 Å². The van der Waals surface area contributed by atoms with Crippen LogP contribution in [0.3, 0.4) is 0 Å². The van der Waals surface area contributed by atoms with Gasteiger partial charge in [0.15, 0.2) is 5.76 Å². The first-order valence-corrected chi connectivity index (χ1v) is 5.56. The number of aliphatic hydroxyl groups is 1. The van der Waals surface area contributed by atoms with Crippen molar-refractivity contribution in [2.24, 2.45) is 0 Å². The van der Waals surface area contributed by atoms with Gasteiger partial charge in [-0.05, 0) is 12.1 Å². The molecule has 2 aromatic heterocycles. The fourth-order valence-electron chi connectivity index (χ4n) is 1.43. The SMILES string of the molecule is O=C(Cn1cc(CCO)nn1)NC(=O)c1ccco1. The van der Waals surface area contributed by atoms with Gasteiger partial charge in [0, 0.05) is 19.2 Å².